The summed E-state index contributed by atoms with van der Waals surface area (Å²) >= 11 is 0. The number of rotatable bonds is 5. The molecule has 232 valence electrons. The summed E-state index contributed by atoms with van der Waals surface area (Å²) in [6.45, 7) is 4.69. The van der Waals surface area contributed by atoms with Crippen LogP contribution in [-0.4, -0.2) is 9.97 Å². The number of aromatic nitrogens is 2. The molecule has 1 aliphatic rings. The van der Waals surface area contributed by atoms with E-state index in [9.17, 15) is 0 Å². The molecule has 0 saturated heterocycles. The third-order valence-electron chi connectivity index (χ3n) is 10.1. The minimum Gasteiger partial charge on any atom is -0.228 e. The molecule has 8 aromatic rings. The summed E-state index contributed by atoms with van der Waals surface area (Å²) < 4.78 is 0. The van der Waals surface area contributed by atoms with E-state index in [2.05, 4.69) is 147 Å². The van der Waals surface area contributed by atoms with Crippen molar-refractivity contribution in [2.45, 2.75) is 19.3 Å². The Kier molecular flexibility index (Phi) is 6.84. The van der Waals surface area contributed by atoms with E-state index in [4.69, 9.17) is 9.97 Å². The van der Waals surface area contributed by atoms with Crippen LogP contribution >= 0.6 is 0 Å². The van der Waals surface area contributed by atoms with Gasteiger partial charge in [-0.15, -0.1) is 0 Å². The zero-order valence-corrected chi connectivity index (χ0v) is 27.6. The minimum absolute atomic E-state index is 0.0287. The van der Waals surface area contributed by atoms with Gasteiger partial charge in [-0.3, -0.25) is 0 Å². The Bertz CT molecular complexity index is 2440. The van der Waals surface area contributed by atoms with Crippen LogP contribution < -0.4 is 0 Å². The van der Waals surface area contributed by atoms with Crippen molar-refractivity contribution in [3.63, 3.8) is 0 Å². The van der Waals surface area contributed by atoms with Crippen LogP contribution in [0, 0.1) is 0 Å². The Morgan fingerprint density at radius 3 is 1.67 bits per heavy atom. The van der Waals surface area contributed by atoms with E-state index in [0.29, 0.717) is 0 Å². The van der Waals surface area contributed by atoms with E-state index in [1.807, 2.05) is 36.4 Å². The molecule has 0 fully saturated rings. The van der Waals surface area contributed by atoms with Crippen molar-refractivity contribution in [3.05, 3.63) is 181 Å². The van der Waals surface area contributed by atoms with Crippen molar-refractivity contribution in [1.29, 1.82) is 0 Å². The fourth-order valence-corrected chi connectivity index (χ4v) is 7.48. The minimum atomic E-state index is -0.0287. The second kappa shape index (κ2) is 11.5. The van der Waals surface area contributed by atoms with Crippen molar-refractivity contribution in [2.24, 2.45) is 0 Å². The second-order valence-corrected chi connectivity index (χ2v) is 13.4. The molecule has 1 heterocycles. The first-order valence-corrected chi connectivity index (χ1v) is 16.9. The van der Waals surface area contributed by atoms with Crippen molar-refractivity contribution >= 4 is 10.8 Å². The largest absolute Gasteiger partial charge is 0.228 e. The maximum atomic E-state index is 5.03. The van der Waals surface area contributed by atoms with Gasteiger partial charge in [-0.05, 0) is 73.5 Å². The molecule has 0 radical (unpaired) electrons. The van der Waals surface area contributed by atoms with E-state index in [1.54, 1.807) is 0 Å². The molecular formula is C47H34N2. The molecular weight excluding hydrogens is 593 g/mol. The van der Waals surface area contributed by atoms with Gasteiger partial charge < -0.3 is 0 Å². The summed E-state index contributed by atoms with van der Waals surface area (Å²) in [7, 11) is 0. The summed E-state index contributed by atoms with van der Waals surface area (Å²) in [5, 5.41) is 2.48. The number of fused-ring (bicyclic) bond motifs is 4. The predicted molar refractivity (Wildman–Crippen MR) is 204 cm³/mol. The highest BCUT2D eigenvalue weighted by Crippen LogP contribution is 2.49. The lowest BCUT2D eigenvalue weighted by molar-refractivity contribution is 0.660. The van der Waals surface area contributed by atoms with Gasteiger partial charge in [-0.1, -0.05) is 166 Å². The van der Waals surface area contributed by atoms with Crippen LogP contribution in [0.25, 0.3) is 78.1 Å². The van der Waals surface area contributed by atoms with Crippen LogP contribution in [0.3, 0.4) is 0 Å². The Morgan fingerprint density at radius 1 is 0.367 bits per heavy atom. The Hall–Kier alpha value is -6.12. The van der Waals surface area contributed by atoms with Gasteiger partial charge in [0.15, 0.2) is 5.82 Å². The molecule has 1 aliphatic carbocycles. The number of hydrogen-bond donors (Lipinski definition) is 0. The third kappa shape index (κ3) is 5.05. The van der Waals surface area contributed by atoms with Crippen molar-refractivity contribution in [1.82, 2.24) is 9.97 Å². The molecule has 0 atom stereocenters. The molecule has 2 heteroatoms. The molecule has 0 aliphatic heterocycles. The third-order valence-corrected chi connectivity index (χ3v) is 10.1. The van der Waals surface area contributed by atoms with Crippen LogP contribution in [0.5, 0.6) is 0 Å². The molecule has 0 unspecified atom stereocenters. The maximum Gasteiger partial charge on any atom is 0.160 e. The van der Waals surface area contributed by atoms with Crippen molar-refractivity contribution in [3.8, 4) is 67.3 Å². The molecule has 0 spiro atoms. The van der Waals surface area contributed by atoms with Gasteiger partial charge in [-0.25, -0.2) is 9.97 Å². The molecule has 9 rings (SSSR count). The lowest BCUT2D eigenvalue weighted by Gasteiger charge is -2.22. The summed E-state index contributed by atoms with van der Waals surface area (Å²) in [6, 6.07) is 60.7. The Morgan fingerprint density at radius 2 is 0.918 bits per heavy atom. The summed E-state index contributed by atoms with van der Waals surface area (Å²) in [4.78, 5) is 9.99. The topological polar surface area (TPSA) is 25.8 Å². The normalized spacial score (nSPS) is 12.9. The Labute approximate surface area is 287 Å². The number of nitrogens with zero attached hydrogens (tertiary/aromatic N) is 2. The van der Waals surface area contributed by atoms with E-state index in [0.717, 1.165) is 33.9 Å². The molecule has 0 amide bonds. The second-order valence-electron chi connectivity index (χ2n) is 13.4. The molecule has 0 bridgehead atoms. The SMILES string of the molecule is CC1(C)c2ccccc2-c2ccc(-c3ccc4cccc(-c5ccc(-c6cc(-c7ccccc7)nc(-c7ccccc7)n6)cc5)c4c3)cc21. The molecule has 1 aromatic heterocycles. The maximum absolute atomic E-state index is 5.03. The average Bonchev–Trinajstić information content (AvgIpc) is 3.40. The average molecular weight is 627 g/mol. The summed E-state index contributed by atoms with van der Waals surface area (Å²) in [6.07, 6.45) is 0. The van der Waals surface area contributed by atoms with Gasteiger partial charge in [0.1, 0.15) is 0 Å². The van der Waals surface area contributed by atoms with Gasteiger partial charge in [-0.2, -0.15) is 0 Å². The van der Waals surface area contributed by atoms with Gasteiger partial charge in [0.2, 0.25) is 0 Å². The van der Waals surface area contributed by atoms with E-state index in [1.165, 1.54) is 55.3 Å². The van der Waals surface area contributed by atoms with Crippen molar-refractivity contribution in [2.75, 3.05) is 0 Å². The zero-order valence-electron chi connectivity index (χ0n) is 27.6. The fourth-order valence-electron chi connectivity index (χ4n) is 7.48. The van der Waals surface area contributed by atoms with Crippen molar-refractivity contribution < 1.29 is 0 Å². The summed E-state index contributed by atoms with van der Waals surface area (Å²) in [5.41, 5.74) is 15.3. The smallest absolute Gasteiger partial charge is 0.160 e. The van der Waals surface area contributed by atoms with Crippen LogP contribution in [0.4, 0.5) is 0 Å². The number of benzene rings is 7. The monoisotopic (exact) mass is 626 g/mol. The molecule has 0 N–H and O–H groups in total. The van der Waals surface area contributed by atoms with E-state index >= 15 is 0 Å². The van der Waals surface area contributed by atoms with E-state index < -0.39 is 0 Å². The zero-order chi connectivity index (χ0) is 33.0. The lowest BCUT2D eigenvalue weighted by atomic mass is 9.81. The van der Waals surface area contributed by atoms with Crippen LogP contribution in [0.15, 0.2) is 170 Å². The molecule has 49 heavy (non-hydrogen) atoms. The standard InChI is InChI=1S/C47H34N2/c1-47(2)42-19-10-9-17-39(42)40-27-26-37(29-43(40)47)36-25-22-31-16-11-18-38(41(31)28-36)32-20-23-34(24-21-32)45-30-44(33-12-5-3-6-13-33)48-46(49-45)35-14-7-4-8-15-35/h3-30H,1-2H3. The lowest BCUT2D eigenvalue weighted by Crippen LogP contribution is -2.14. The van der Waals surface area contributed by atoms with Gasteiger partial charge in [0, 0.05) is 22.1 Å². The molecule has 7 aromatic carbocycles. The highest BCUT2D eigenvalue weighted by Gasteiger charge is 2.35. The first-order chi connectivity index (χ1) is 24.0. The van der Waals surface area contributed by atoms with Gasteiger partial charge >= 0.3 is 0 Å². The first-order valence-electron chi connectivity index (χ1n) is 16.9. The van der Waals surface area contributed by atoms with Crippen LogP contribution in [-0.2, 0) is 5.41 Å². The highest BCUT2D eigenvalue weighted by atomic mass is 14.9. The summed E-state index contributed by atoms with van der Waals surface area (Å²) in [5.74, 6) is 0.724. The number of hydrogen-bond acceptors (Lipinski definition) is 2. The Balaban J connectivity index is 1.10. The van der Waals surface area contributed by atoms with Gasteiger partial charge in [0.25, 0.3) is 0 Å². The van der Waals surface area contributed by atoms with Crippen LogP contribution in [0.2, 0.25) is 0 Å². The predicted octanol–water partition coefficient (Wildman–Crippen LogP) is 12.3. The first kappa shape index (κ1) is 29.1. The molecule has 2 nitrogen and oxygen atoms in total. The highest BCUT2D eigenvalue weighted by molar-refractivity contribution is 5.99. The van der Waals surface area contributed by atoms with Crippen LogP contribution in [0.1, 0.15) is 25.0 Å². The van der Waals surface area contributed by atoms with E-state index in [-0.39, 0.29) is 5.41 Å². The quantitative estimate of drug-likeness (QED) is 0.190. The molecule has 0 saturated carbocycles. The fraction of sp³-hybridized carbons (Fsp3) is 0.0638. The van der Waals surface area contributed by atoms with Gasteiger partial charge in [0.05, 0.1) is 11.4 Å².